The largest absolute Gasteiger partial charge is 1.00 e. The molecule has 2 aromatic heterocycles. The summed E-state index contributed by atoms with van der Waals surface area (Å²) in [5, 5.41) is 11.3. The van der Waals surface area contributed by atoms with Gasteiger partial charge in [-0.3, -0.25) is 0 Å². The molecular formula is C26H25N2NaO5. The van der Waals surface area contributed by atoms with Crippen molar-refractivity contribution in [2.24, 2.45) is 0 Å². The second-order valence-electron chi connectivity index (χ2n) is 7.81. The first-order chi connectivity index (χ1) is 16.1. The Morgan fingerprint density at radius 1 is 1.03 bits per heavy atom. The van der Waals surface area contributed by atoms with E-state index in [0.717, 1.165) is 28.9 Å². The minimum atomic E-state index is -1.03. The molecule has 0 N–H and O–H groups in total. The van der Waals surface area contributed by atoms with Crippen LogP contribution < -0.4 is 44.1 Å². The fourth-order valence-electron chi connectivity index (χ4n) is 3.77. The Bertz CT molecular complexity index is 1230. The molecule has 34 heavy (non-hydrogen) atoms. The molecule has 4 aromatic rings. The van der Waals surface area contributed by atoms with Gasteiger partial charge in [0.2, 0.25) is 11.6 Å². The first-order valence-corrected chi connectivity index (χ1v) is 10.9. The zero-order valence-electron chi connectivity index (χ0n) is 19.6. The molecule has 7 nitrogen and oxygen atoms in total. The van der Waals surface area contributed by atoms with Gasteiger partial charge in [0.1, 0.15) is 23.2 Å². The maximum absolute atomic E-state index is 10.6. The number of unbranched alkanes of at least 4 members (excludes halogenated alkanes) is 1. The number of ether oxygens (including phenoxy) is 2. The van der Waals surface area contributed by atoms with E-state index in [2.05, 4.69) is 9.97 Å². The molecule has 0 radical (unpaired) electrons. The van der Waals surface area contributed by atoms with E-state index < -0.39 is 5.97 Å². The van der Waals surface area contributed by atoms with Crippen LogP contribution in [-0.2, 0) is 4.79 Å². The van der Waals surface area contributed by atoms with Crippen LogP contribution in [0.5, 0.6) is 11.6 Å². The topological polar surface area (TPSA) is 97.5 Å². The number of hydrogen-bond donors (Lipinski definition) is 0. The molecule has 0 unspecified atom stereocenters. The summed E-state index contributed by atoms with van der Waals surface area (Å²) >= 11 is 0. The number of aliphatic carboxylic acids is 1. The number of carboxylic acids is 1. The number of aromatic nitrogens is 2. The molecule has 0 saturated heterocycles. The summed E-state index contributed by atoms with van der Waals surface area (Å²) < 4.78 is 17.7. The van der Waals surface area contributed by atoms with Crippen molar-refractivity contribution >= 4 is 17.1 Å². The van der Waals surface area contributed by atoms with Gasteiger partial charge < -0.3 is 23.8 Å². The molecule has 0 spiro atoms. The Morgan fingerprint density at radius 3 is 2.44 bits per heavy atom. The zero-order valence-corrected chi connectivity index (χ0v) is 21.6. The molecule has 0 fully saturated rings. The molecule has 2 aromatic carbocycles. The standard InChI is InChI=1S/C26H26N2O5.Na/c1-17(8-6-7-11-21(29)30)32-25-23-22(18-12-14-20(31-2)15-13-18)24(19-9-4-3-5-10-19)33-26(23)28-16-27-25;/h3-5,9-10,12-17H,6-8,11H2,1-2H3,(H,29,30);/q;+1/p-1/t17-;/m1./s1. The van der Waals surface area contributed by atoms with E-state index >= 15 is 0 Å². The normalized spacial score (nSPS) is 11.6. The van der Waals surface area contributed by atoms with Crippen molar-refractivity contribution in [3.05, 3.63) is 60.9 Å². The predicted molar refractivity (Wildman–Crippen MR) is 123 cm³/mol. The summed E-state index contributed by atoms with van der Waals surface area (Å²) in [7, 11) is 1.63. The minimum absolute atomic E-state index is 0. The van der Waals surface area contributed by atoms with Crippen LogP contribution in [0.1, 0.15) is 32.6 Å². The average Bonchev–Trinajstić information content (AvgIpc) is 3.23. The first-order valence-electron chi connectivity index (χ1n) is 10.9. The van der Waals surface area contributed by atoms with Gasteiger partial charge in [0.25, 0.3) is 0 Å². The van der Waals surface area contributed by atoms with Crippen LogP contribution in [0.25, 0.3) is 33.6 Å². The van der Waals surface area contributed by atoms with Crippen LogP contribution in [0.3, 0.4) is 0 Å². The fraction of sp³-hybridized carbons (Fsp3) is 0.269. The SMILES string of the molecule is COc1ccc(-c2c(-c3ccccc3)oc3ncnc(O[C@H](C)CCCCC(=O)[O-])c23)cc1.[Na+]. The van der Waals surface area contributed by atoms with E-state index in [9.17, 15) is 9.90 Å². The number of furan rings is 1. The third-order valence-electron chi connectivity index (χ3n) is 5.42. The molecule has 170 valence electrons. The fourth-order valence-corrected chi connectivity index (χ4v) is 3.77. The van der Waals surface area contributed by atoms with E-state index in [4.69, 9.17) is 13.9 Å². The molecule has 4 rings (SSSR count). The maximum atomic E-state index is 10.6. The first kappa shape index (κ1) is 25.7. The molecule has 0 saturated carbocycles. The van der Waals surface area contributed by atoms with Crippen LogP contribution in [0.2, 0.25) is 0 Å². The number of carbonyl (C=O) groups is 1. The molecule has 2 heterocycles. The van der Waals surface area contributed by atoms with Crippen LogP contribution in [-0.4, -0.2) is 29.2 Å². The summed E-state index contributed by atoms with van der Waals surface area (Å²) in [5.41, 5.74) is 3.13. The Hall–Kier alpha value is -2.87. The van der Waals surface area contributed by atoms with E-state index in [1.54, 1.807) is 7.11 Å². The summed E-state index contributed by atoms with van der Waals surface area (Å²) in [6.45, 7) is 1.94. The predicted octanol–water partition coefficient (Wildman–Crippen LogP) is 1.65. The Labute approximate surface area is 220 Å². The van der Waals surface area contributed by atoms with E-state index in [1.165, 1.54) is 6.33 Å². The van der Waals surface area contributed by atoms with Crippen molar-refractivity contribution in [2.45, 2.75) is 38.7 Å². The molecule has 1 atom stereocenters. The quantitative estimate of drug-likeness (QED) is 0.258. The van der Waals surface area contributed by atoms with Crippen LogP contribution in [0.15, 0.2) is 65.3 Å². The maximum Gasteiger partial charge on any atom is 1.00 e. The van der Waals surface area contributed by atoms with Crippen LogP contribution in [0.4, 0.5) is 0 Å². The summed E-state index contributed by atoms with van der Waals surface area (Å²) in [4.78, 5) is 19.4. The summed E-state index contributed by atoms with van der Waals surface area (Å²) in [6.07, 6.45) is 3.28. The summed E-state index contributed by atoms with van der Waals surface area (Å²) in [5.74, 6) is 0.842. The second kappa shape index (κ2) is 12.0. The third-order valence-corrected chi connectivity index (χ3v) is 5.42. The van der Waals surface area contributed by atoms with Crippen molar-refractivity contribution in [3.8, 4) is 34.1 Å². The van der Waals surface area contributed by atoms with E-state index in [1.807, 2.05) is 61.5 Å². The summed E-state index contributed by atoms with van der Waals surface area (Å²) in [6, 6.07) is 17.6. The van der Waals surface area contributed by atoms with Gasteiger partial charge in [-0.1, -0.05) is 42.5 Å². The minimum Gasteiger partial charge on any atom is -0.550 e. The molecule has 0 aliphatic heterocycles. The number of nitrogens with zero attached hydrogens (tertiary/aromatic N) is 2. The van der Waals surface area contributed by atoms with Crippen molar-refractivity contribution in [3.63, 3.8) is 0 Å². The van der Waals surface area contributed by atoms with Gasteiger partial charge in [-0.05, 0) is 50.3 Å². The molecule has 0 aliphatic rings. The number of carboxylic acid groups (broad SMARTS) is 1. The molecule has 0 amide bonds. The van der Waals surface area contributed by atoms with Gasteiger partial charge >= 0.3 is 29.6 Å². The molecule has 0 aliphatic carbocycles. The average molecular weight is 468 g/mol. The van der Waals surface area contributed by atoms with Gasteiger partial charge in [0.15, 0.2) is 0 Å². The van der Waals surface area contributed by atoms with Crippen LogP contribution >= 0.6 is 0 Å². The van der Waals surface area contributed by atoms with Gasteiger partial charge in [-0.25, -0.2) is 9.97 Å². The van der Waals surface area contributed by atoms with Gasteiger partial charge in [-0.15, -0.1) is 0 Å². The number of rotatable bonds is 10. The van der Waals surface area contributed by atoms with Gasteiger partial charge in [0, 0.05) is 17.1 Å². The third kappa shape index (κ3) is 5.97. The number of carbonyl (C=O) groups excluding carboxylic acids is 1. The monoisotopic (exact) mass is 468 g/mol. The molecule has 8 heteroatoms. The van der Waals surface area contributed by atoms with Crippen molar-refractivity contribution in [1.82, 2.24) is 9.97 Å². The Kier molecular flexibility index (Phi) is 9.10. The number of methoxy groups -OCH3 is 1. The van der Waals surface area contributed by atoms with E-state index in [0.29, 0.717) is 35.6 Å². The molecule has 0 bridgehead atoms. The zero-order chi connectivity index (χ0) is 23.2. The second-order valence-corrected chi connectivity index (χ2v) is 7.81. The Balaban J connectivity index is 0.00000324. The Morgan fingerprint density at radius 2 is 1.76 bits per heavy atom. The number of benzene rings is 2. The molecular weight excluding hydrogens is 443 g/mol. The number of hydrogen-bond acceptors (Lipinski definition) is 7. The van der Waals surface area contributed by atoms with Crippen molar-refractivity contribution in [1.29, 1.82) is 0 Å². The van der Waals surface area contributed by atoms with Crippen LogP contribution in [0, 0.1) is 0 Å². The van der Waals surface area contributed by atoms with E-state index in [-0.39, 0.29) is 42.1 Å². The van der Waals surface area contributed by atoms with Crippen molar-refractivity contribution in [2.75, 3.05) is 7.11 Å². The van der Waals surface area contributed by atoms with Crippen molar-refractivity contribution < 1.29 is 53.3 Å². The number of fused-ring (bicyclic) bond motifs is 1. The smallest absolute Gasteiger partial charge is 0.550 e. The van der Waals surface area contributed by atoms with Gasteiger partial charge in [-0.2, -0.15) is 0 Å². The van der Waals surface area contributed by atoms with Gasteiger partial charge in [0.05, 0.1) is 13.2 Å².